The molecule has 0 radical (unpaired) electrons. The van der Waals surface area contributed by atoms with Gasteiger partial charge in [0.25, 0.3) is 0 Å². The fourth-order valence-electron chi connectivity index (χ4n) is 0.682. The van der Waals surface area contributed by atoms with Crippen LogP contribution in [0.5, 0.6) is 0 Å². The molecule has 0 aliphatic rings. The summed E-state index contributed by atoms with van der Waals surface area (Å²) in [4.78, 5) is 10.7. The molecule has 0 unspecified atom stereocenters. The Bertz CT molecular complexity index is 417. The molecule has 0 bridgehead atoms. The van der Waals surface area contributed by atoms with Gasteiger partial charge in [-0.3, -0.25) is 4.79 Å². The van der Waals surface area contributed by atoms with Crippen LogP contribution in [0, 0.1) is 23.2 Å². The van der Waals surface area contributed by atoms with Crippen LogP contribution >= 0.6 is 11.3 Å². The third-order valence-electron chi connectivity index (χ3n) is 1.18. The number of thiophene rings is 1. The zero-order valence-corrected chi connectivity index (χ0v) is 7.39. The zero-order valence-electron chi connectivity index (χ0n) is 6.57. The molecule has 0 amide bonds. The van der Waals surface area contributed by atoms with Crippen LogP contribution in [0.1, 0.15) is 16.9 Å². The quantitative estimate of drug-likeness (QED) is 0.683. The van der Waals surface area contributed by atoms with Crippen LogP contribution in [-0.2, 0) is 4.79 Å². The summed E-state index contributed by atoms with van der Waals surface area (Å²) in [5.74, 6) is 4.20. The molecule has 1 rings (SSSR count). The van der Waals surface area contributed by atoms with Gasteiger partial charge in [0.15, 0.2) is 0 Å². The number of hydrogen-bond acceptors (Lipinski definition) is 3. The lowest BCUT2D eigenvalue weighted by Crippen LogP contribution is -1.89. The van der Waals surface area contributed by atoms with Crippen molar-refractivity contribution in [3.63, 3.8) is 0 Å². The fraction of sp³-hybridized carbons (Fsp3) is 0.111. The van der Waals surface area contributed by atoms with Crippen LogP contribution in [0.4, 0.5) is 0 Å². The van der Waals surface area contributed by atoms with Gasteiger partial charge in [0.1, 0.15) is 17.4 Å². The summed E-state index contributed by atoms with van der Waals surface area (Å²) in [7, 11) is 0. The number of rotatable bonds is 1. The van der Waals surface area contributed by atoms with Crippen molar-refractivity contribution < 1.29 is 9.90 Å². The van der Waals surface area contributed by atoms with E-state index in [4.69, 9.17) is 10.4 Å². The van der Waals surface area contributed by atoms with Crippen molar-refractivity contribution in [1.29, 1.82) is 5.26 Å². The van der Waals surface area contributed by atoms with Gasteiger partial charge in [-0.2, -0.15) is 5.26 Å². The van der Waals surface area contributed by atoms with Crippen molar-refractivity contribution in [1.82, 2.24) is 0 Å². The summed E-state index contributed by atoms with van der Waals surface area (Å²) < 4.78 is 0. The van der Waals surface area contributed by atoms with E-state index in [0.717, 1.165) is 0 Å². The second kappa shape index (κ2) is 4.30. The molecule has 64 valence electrons. The average Bonchev–Trinajstić information content (AvgIpc) is 2.52. The number of hydrogen-bond donors (Lipinski definition) is 1. The summed E-state index contributed by atoms with van der Waals surface area (Å²) in [6, 6.07) is 3.62. The Labute approximate surface area is 79.2 Å². The lowest BCUT2D eigenvalue weighted by atomic mass is 10.3. The fourth-order valence-corrected chi connectivity index (χ4v) is 1.31. The second-order valence-corrected chi connectivity index (χ2v) is 3.09. The minimum absolute atomic E-state index is 0.169. The molecule has 0 fully saturated rings. The Kier molecular flexibility index (Phi) is 3.08. The first-order valence-electron chi connectivity index (χ1n) is 3.41. The van der Waals surface area contributed by atoms with Gasteiger partial charge in [-0.15, -0.1) is 11.3 Å². The van der Waals surface area contributed by atoms with Gasteiger partial charge in [0.05, 0.1) is 0 Å². The Morgan fingerprint density at radius 2 is 2.46 bits per heavy atom. The summed E-state index contributed by atoms with van der Waals surface area (Å²) >= 11 is 1.30. The van der Waals surface area contributed by atoms with E-state index in [9.17, 15) is 4.79 Å². The molecule has 1 N–H and O–H groups in total. The molecule has 0 aliphatic carbocycles. The highest BCUT2D eigenvalue weighted by Gasteiger charge is 1.94. The Hall–Kier alpha value is -1.78. The van der Waals surface area contributed by atoms with Gasteiger partial charge < -0.3 is 5.11 Å². The van der Waals surface area contributed by atoms with Crippen LogP contribution in [0.3, 0.4) is 0 Å². The Morgan fingerprint density at radius 3 is 3.00 bits per heavy atom. The summed E-state index contributed by atoms with van der Waals surface area (Å²) in [6.45, 7) is 0. The first-order valence-corrected chi connectivity index (χ1v) is 4.29. The van der Waals surface area contributed by atoms with Crippen LogP contribution < -0.4 is 0 Å². The van der Waals surface area contributed by atoms with Crippen molar-refractivity contribution in [2.24, 2.45) is 0 Å². The number of carboxylic acid groups (broad SMARTS) is 1. The molecule has 0 aromatic carbocycles. The van der Waals surface area contributed by atoms with E-state index in [1.54, 1.807) is 11.4 Å². The first kappa shape index (κ1) is 9.31. The molecule has 13 heavy (non-hydrogen) atoms. The second-order valence-electron chi connectivity index (χ2n) is 2.18. The molecule has 1 aromatic heterocycles. The number of carbonyl (C=O) groups is 1. The maximum atomic E-state index is 10.1. The minimum Gasteiger partial charge on any atom is -0.481 e. The highest BCUT2D eigenvalue weighted by molar-refractivity contribution is 7.10. The third-order valence-corrected chi connectivity index (χ3v) is 2.02. The number of carboxylic acids is 1. The summed E-state index contributed by atoms with van der Waals surface area (Å²) in [5.41, 5.74) is 0.697. The predicted octanol–water partition coefficient (Wildman–Crippen LogP) is 1.45. The van der Waals surface area contributed by atoms with Gasteiger partial charge in [0, 0.05) is 10.9 Å². The smallest absolute Gasteiger partial charge is 0.315 e. The van der Waals surface area contributed by atoms with Crippen LogP contribution in [-0.4, -0.2) is 11.1 Å². The van der Waals surface area contributed by atoms with Crippen molar-refractivity contribution in [2.75, 3.05) is 0 Å². The summed E-state index contributed by atoms with van der Waals surface area (Å²) in [5, 5.41) is 18.5. The van der Waals surface area contributed by atoms with E-state index in [-0.39, 0.29) is 6.42 Å². The molecule has 0 saturated heterocycles. The zero-order chi connectivity index (χ0) is 9.68. The maximum Gasteiger partial charge on any atom is 0.315 e. The lowest BCUT2D eigenvalue weighted by Gasteiger charge is -1.78. The van der Waals surface area contributed by atoms with E-state index >= 15 is 0 Å². The molecular weight excluding hydrogens is 186 g/mol. The Balaban J connectivity index is 2.68. The van der Waals surface area contributed by atoms with Gasteiger partial charge >= 0.3 is 5.97 Å². The number of aliphatic carboxylic acids is 1. The first-order chi connectivity index (χ1) is 6.22. The molecule has 0 atom stereocenters. The van der Waals surface area contributed by atoms with E-state index in [0.29, 0.717) is 10.4 Å². The summed E-state index contributed by atoms with van der Waals surface area (Å²) in [6.07, 6.45) is -0.169. The maximum absolute atomic E-state index is 10.1. The van der Waals surface area contributed by atoms with E-state index in [2.05, 4.69) is 11.8 Å². The van der Waals surface area contributed by atoms with Crippen LogP contribution in [0.2, 0.25) is 0 Å². The topological polar surface area (TPSA) is 61.1 Å². The van der Waals surface area contributed by atoms with Crippen LogP contribution in [0.15, 0.2) is 11.4 Å². The highest BCUT2D eigenvalue weighted by atomic mass is 32.1. The molecule has 0 saturated carbocycles. The molecule has 3 nitrogen and oxygen atoms in total. The van der Waals surface area contributed by atoms with Crippen molar-refractivity contribution in [3.05, 3.63) is 21.9 Å². The molecular formula is C9H5NO2S. The van der Waals surface area contributed by atoms with Gasteiger partial charge in [-0.25, -0.2) is 0 Å². The van der Waals surface area contributed by atoms with Crippen molar-refractivity contribution in [2.45, 2.75) is 6.42 Å². The standard InChI is InChI=1S/C9H5NO2S/c10-5-8-4-7(6-13-8)2-1-3-9(11)12/h4,6H,3H2,(H,11,12). The monoisotopic (exact) mass is 191 g/mol. The Morgan fingerprint density at radius 1 is 1.69 bits per heavy atom. The minimum atomic E-state index is -0.941. The molecule has 1 heterocycles. The van der Waals surface area contributed by atoms with Crippen molar-refractivity contribution >= 4 is 17.3 Å². The lowest BCUT2D eigenvalue weighted by molar-refractivity contribution is -0.135. The van der Waals surface area contributed by atoms with Gasteiger partial charge in [-0.05, 0) is 6.07 Å². The van der Waals surface area contributed by atoms with Gasteiger partial charge in [0.2, 0.25) is 0 Å². The average molecular weight is 191 g/mol. The number of nitriles is 1. The van der Waals surface area contributed by atoms with Crippen molar-refractivity contribution in [3.8, 4) is 17.9 Å². The van der Waals surface area contributed by atoms with E-state index < -0.39 is 5.97 Å². The van der Waals surface area contributed by atoms with E-state index in [1.165, 1.54) is 11.3 Å². The van der Waals surface area contributed by atoms with E-state index in [1.807, 2.05) is 6.07 Å². The molecule has 0 aliphatic heterocycles. The highest BCUT2D eigenvalue weighted by Crippen LogP contribution is 2.11. The normalized spacial score (nSPS) is 8.23. The SMILES string of the molecule is N#Cc1cc(C#CCC(=O)O)cs1. The largest absolute Gasteiger partial charge is 0.481 e. The number of nitrogens with zero attached hydrogens (tertiary/aromatic N) is 1. The predicted molar refractivity (Wildman–Crippen MR) is 48.2 cm³/mol. The molecule has 0 spiro atoms. The molecule has 1 aromatic rings. The van der Waals surface area contributed by atoms with Crippen LogP contribution in [0.25, 0.3) is 0 Å². The van der Waals surface area contributed by atoms with Gasteiger partial charge in [-0.1, -0.05) is 11.8 Å². The third kappa shape index (κ3) is 2.98. The molecule has 4 heteroatoms.